The van der Waals surface area contributed by atoms with Gasteiger partial charge in [-0.05, 0) is 19.8 Å². The van der Waals surface area contributed by atoms with Gasteiger partial charge >= 0.3 is 0 Å². The quantitative estimate of drug-likeness (QED) is 0.857. The molecule has 0 unspecified atom stereocenters. The van der Waals surface area contributed by atoms with Crippen molar-refractivity contribution in [3.63, 3.8) is 0 Å². The molecule has 0 bridgehead atoms. The molecule has 1 aliphatic heterocycles. The smallest absolute Gasteiger partial charge is 0.131 e. The van der Waals surface area contributed by atoms with Crippen LogP contribution >= 0.6 is 0 Å². The van der Waals surface area contributed by atoms with Crippen LogP contribution in [-0.2, 0) is 18.3 Å². The van der Waals surface area contributed by atoms with Crippen LogP contribution in [0.4, 0.5) is 5.82 Å². The maximum atomic E-state index is 10.6. The van der Waals surface area contributed by atoms with Crippen LogP contribution in [0.3, 0.4) is 0 Å². The second kappa shape index (κ2) is 7.20. The van der Waals surface area contributed by atoms with Gasteiger partial charge in [0, 0.05) is 38.8 Å². The minimum atomic E-state index is -0.520. The van der Waals surface area contributed by atoms with Gasteiger partial charge in [-0.25, -0.2) is 0 Å². The van der Waals surface area contributed by atoms with Crippen molar-refractivity contribution in [1.82, 2.24) is 15.1 Å². The fraction of sp³-hybridized carbons (Fsp3) is 0.824. The number of ether oxygens (including phenoxy) is 1. The van der Waals surface area contributed by atoms with Gasteiger partial charge in [-0.15, -0.1) is 0 Å². The molecule has 0 radical (unpaired) electrons. The first-order valence-corrected chi connectivity index (χ1v) is 8.87. The average Bonchev–Trinajstić information content (AvgIpc) is 2.83. The standard InChI is InChI=1S/C17H30N4O2/c1-14-15(12-18-13-17(22)6-4-3-5-7-17)16(20(2)19-14)21-8-10-23-11-9-21/h18,22H,3-13H2,1-2H3. The zero-order valence-electron chi connectivity index (χ0n) is 14.5. The van der Waals surface area contributed by atoms with Gasteiger partial charge in [0.1, 0.15) is 5.82 Å². The maximum absolute atomic E-state index is 10.6. The second-order valence-electron chi connectivity index (χ2n) is 7.00. The van der Waals surface area contributed by atoms with Gasteiger partial charge in [-0.3, -0.25) is 4.68 Å². The fourth-order valence-corrected chi connectivity index (χ4v) is 3.87. The molecule has 2 heterocycles. The van der Waals surface area contributed by atoms with Gasteiger partial charge < -0.3 is 20.1 Å². The molecule has 1 aliphatic carbocycles. The Balaban J connectivity index is 1.65. The zero-order chi connectivity index (χ0) is 16.3. The Labute approximate surface area is 138 Å². The lowest BCUT2D eigenvalue weighted by Gasteiger charge is -2.33. The number of hydrogen-bond acceptors (Lipinski definition) is 5. The summed E-state index contributed by atoms with van der Waals surface area (Å²) in [5, 5.41) is 18.7. The molecule has 1 aromatic rings. The molecule has 3 rings (SSSR count). The Hall–Kier alpha value is -1.11. The Kier molecular flexibility index (Phi) is 5.24. The monoisotopic (exact) mass is 322 g/mol. The van der Waals surface area contributed by atoms with E-state index in [0.717, 1.165) is 64.2 Å². The molecule has 1 saturated heterocycles. The first-order valence-electron chi connectivity index (χ1n) is 8.87. The van der Waals surface area contributed by atoms with E-state index < -0.39 is 5.60 Å². The summed E-state index contributed by atoms with van der Waals surface area (Å²) >= 11 is 0. The van der Waals surface area contributed by atoms with Crippen LogP contribution in [0.15, 0.2) is 0 Å². The summed E-state index contributed by atoms with van der Waals surface area (Å²) in [7, 11) is 2.01. The molecule has 23 heavy (non-hydrogen) atoms. The van der Waals surface area contributed by atoms with Gasteiger partial charge in [0.05, 0.1) is 24.5 Å². The molecule has 0 aromatic carbocycles. The Morgan fingerprint density at radius 2 is 1.91 bits per heavy atom. The molecule has 1 aromatic heterocycles. The number of hydrogen-bond donors (Lipinski definition) is 2. The molecule has 2 aliphatic rings. The van der Waals surface area contributed by atoms with E-state index in [1.54, 1.807) is 0 Å². The van der Waals surface area contributed by atoms with Crippen LogP contribution in [0.2, 0.25) is 0 Å². The van der Waals surface area contributed by atoms with Crippen LogP contribution in [0.25, 0.3) is 0 Å². The number of aryl methyl sites for hydroxylation is 2. The van der Waals surface area contributed by atoms with Gasteiger partial charge in [0.15, 0.2) is 0 Å². The minimum absolute atomic E-state index is 0.520. The van der Waals surface area contributed by atoms with Gasteiger partial charge in [-0.1, -0.05) is 19.3 Å². The normalized spacial score (nSPS) is 21.6. The van der Waals surface area contributed by atoms with Gasteiger partial charge in [0.25, 0.3) is 0 Å². The first-order chi connectivity index (χ1) is 11.1. The van der Waals surface area contributed by atoms with E-state index in [0.29, 0.717) is 6.54 Å². The number of aromatic nitrogens is 2. The van der Waals surface area contributed by atoms with Crippen LogP contribution in [-0.4, -0.2) is 53.3 Å². The van der Waals surface area contributed by atoms with E-state index in [1.807, 2.05) is 11.7 Å². The largest absolute Gasteiger partial charge is 0.389 e. The third-order valence-electron chi connectivity index (χ3n) is 5.16. The predicted octanol–water partition coefficient (Wildman–Crippen LogP) is 1.35. The van der Waals surface area contributed by atoms with Crippen molar-refractivity contribution in [2.24, 2.45) is 7.05 Å². The summed E-state index contributed by atoms with van der Waals surface area (Å²) in [4.78, 5) is 2.36. The van der Waals surface area contributed by atoms with Gasteiger partial charge in [-0.2, -0.15) is 5.10 Å². The molecule has 6 nitrogen and oxygen atoms in total. The van der Waals surface area contributed by atoms with E-state index >= 15 is 0 Å². The molecule has 2 N–H and O–H groups in total. The SMILES string of the molecule is Cc1nn(C)c(N2CCOCC2)c1CNCC1(O)CCCCC1. The number of morpholine rings is 1. The van der Waals surface area contributed by atoms with Crippen molar-refractivity contribution >= 4 is 5.82 Å². The fourth-order valence-electron chi connectivity index (χ4n) is 3.87. The van der Waals surface area contributed by atoms with E-state index in [9.17, 15) is 5.11 Å². The highest BCUT2D eigenvalue weighted by Crippen LogP contribution is 2.28. The summed E-state index contributed by atoms with van der Waals surface area (Å²) < 4.78 is 7.44. The second-order valence-corrected chi connectivity index (χ2v) is 7.00. The molecule has 1 saturated carbocycles. The lowest BCUT2D eigenvalue weighted by Crippen LogP contribution is -2.42. The lowest BCUT2D eigenvalue weighted by molar-refractivity contribution is 0.00467. The molecule has 0 amide bonds. The third kappa shape index (κ3) is 3.87. The third-order valence-corrected chi connectivity index (χ3v) is 5.16. The highest BCUT2D eigenvalue weighted by molar-refractivity contribution is 5.50. The molecular weight excluding hydrogens is 292 g/mol. The van der Waals surface area contributed by atoms with Crippen LogP contribution in [0.1, 0.15) is 43.4 Å². The maximum Gasteiger partial charge on any atom is 0.131 e. The van der Waals surface area contributed by atoms with E-state index in [-0.39, 0.29) is 0 Å². The topological polar surface area (TPSA) is 62.5 Å². The Morgan fingerprint density at radius 1 is 1.22 bits per heavy atom. The number of nitrogens with zero attached hydrogens (tertiary/aromatic N) is 3. The van der Waals surface area contributed by atoms with Crippen molar-refractivity contribution in [3.8, 4) is 0 Å². The summed E-state index contributed by atoms with van der Waals surface area (Å²) in [5.74, 6) is 1.19. The zero-order valence-corrected chi connectivity index (χ0v) is 14.5. The van der Waals surface area contributed by atoms with Crippen LogP contribution in [0, 0.1) is 6.92 Å². The average molecular weight is 322 g/mol. The van der Waals surface area contributed by atoms with E-state index in [4.69, 9.17) is 4.74 Å². The Bertz CT molecular complexity index is 517. The van der Waals surface area contributed by atoms with Crippen molar-refractivity contribution < 1.29 is 9.84 Å². The number of nitrogens with one attached hydrogen (secondary N) is 1. The number of aliphatic hydroxyl groups is 1. The van der Waals surface area contributed by atoms with Gasteiger partial charge in [0.2, 0.25) is 0 Å². The molecule has 0 spiro atoms. The molecule has 0 atom stereocenters. The van der Waals surface area contributed by atoms with E-state index in [2.05, 4.69) is 22.2 Å². The van der Waals surface area contributed by atoms with Crippen molar-refractivity contribution in [3.05, 3.63) is 11.3 Å². The Morgan fingerprint density at radius 3 is 2.61 bits per heavy atom. The number of anilines is 1. The molecule has 6 heteroatoms. The van der Waals surface area contributed by atoms with E-state index in [1.165, 1.54) is 17.8 Å². The molecule has 130 valence electrons. The summed E-state index contributed by atoms with van der Waals surface area (Å²) in [6.07, 6.45) is 5.38. The first kappa shape index (κ1) is 16.7. The molecule has 2 fully saturated rings. The van der Waals surface area contributed by atoms with Crippen molar-refractivity contribution in [2.75, 3.05) is 37.7 Å². The summed E-state index contributed by atoms with van der Waals surface area (Å²) in [5.41, 5.74) is 1.79. The number of rotatable bonds is 5. The lowest BCUT2D eigenvalue weighted by atomic mass is 9.85. The van der Waals surface area contributed by atoms with Crippen molar-refractivity contribution in [1.29, 1.82) is 0 Å². The summed E-state index contributed by atoms with van der Waals surface area (Å²) in [6, 6.07) is 0. The highest BCUT2D eigenvalue weighted by Gasteiger charge is 2.29. The minimum Gasteiger partial charge on any atom is -0.389 e. The molecular formula is C17H30N4O2. The van der Waals surface area contributed by atoms with Crippen LogP contribution < -0.4 is 10.2 Å². The summed E-state index contributed by atoms with van der Waals surface area (Å²) in [6.45, 7) is 6.87. The predicted molar refractivity (Wildman–Crippen MR) is 90.7 cm³/mol. The highest BCUT2D eigenvalue weighted by atomic mass is 16.5. The van der Waals surface area contributed by atoms with Crippen LogP contribution in [0.5, 0.6) is 0 Å². The van der Waals surface area contributed by atoms with Crippen molar-refractivity contribution in [2.45, 2.75) is 51.2 Å².